The first-order valence-electron chi connectivity index (χ1n) is 19.8. The molecule has 1 aliphatic rings. The van der Waals surface area contributed by atoms with E-state index in [1.54, 1.807) is 4.90 Å². The summed E-state index contributed by atoms with van der Waals surface area (Å²) in [6.45, 7) is 4.11. The zero-order valence-electron chi connectivity index (χ0n) is 30.5. The molecule has 278 valence electrons. The summed E-state index contributed by atoms with van der Waals surface area (Å²) in [7, 11) is 0. The molecule has 0 aromatic carbocycles. The van der Waals surface area contributed by atoms with Crippen molar-refractivity contribution in [3.8, 4) is 0 Å². The molecule has 1 rings (SSSR count). The third-order valence-corrected chi connectivity index (χ3v) is 9.79. The van der Waals surface area contributed by atoms with Gasteiger partial charge in [-0.1, -0.05) is 162 Å². The van der Waals surface area contributed by atoms with Gasteiger partial charge >= 0.3 is 0 Å². The summed E-state index contributed by atoms with van der Waals surface area (Å²) in [5.41, 5.74) is 5.53. The molecule has 0 aromatic heterocycles. The van der Waals surface area contributed by atoms with Crippen LogP contribution in [0.5, 0.6) is 0 Å². The van der Waals surface area contributed by atoms with E-state index < -0.39 is 43.1 Å². The molecule has 0 aliphatic carbocycles. The van der Waals surface area contributed by atoms with Gasteiger partial charge in [0.05, 0.1) is 13.2 Å². The van der Waals surface area contributed by atoms with Gasteiger partial charge in [-0.05, 0) is 12.8 Å². The standard InChI is InChI=1S/C38H75N3O6/c1-3-5-7-9-11-13-14-15-16-17-18-19-21-23-25-27-29-41(34(44)28-26-24-22-20-12-10-8-6-4-2)38-35(40-33(43)30-39)37(46)36(45)32(31-42)47-38/h32,35-38,42,45-46H,3-31,39H2,1-2H3,(H,40,43)/t32-,35+,36-,37-,38-/m1/s1. The zero-order chi connectivity index (χ0) is 34.5. The van der Waals surface area contributed by atoms with Crippen LogP contribution in [0.4, 0.5) is 0 Å². The number of aliphatic hydroxyl groups is 3. The Hall–Kier alpha value is -1.26. The molecular weight excluding hydrogens is 594 g/mol. The van der Waals surface area contributed by atoms with E-state index >= 15 is 0 Å². The highest BCUT2D eigenvalue weighted by atomic mass is 16.5. The van der Waals surface area contributed by atoms with Crippen LogP contribution in [0, 0.1) is 0 Å². The van der Waals surface area contributed by atoms with Crippen LogP contribution in [-0.4, -0.2) is 82.3 Å². The molecule has 0 aromatic rings. The van der Waals surface area contributed by atoms with Crippen molar-refractivity contribution in [2.24, 2.45) is 5.73 Å². The summed E-state index contributed by atoms with van der Waals surface area (Å²) in [5.74, 6) is -0.600. The summed E-state index contributed by atoms with van der Waals surface area (Å²) in [5, 5.41) is 33.9. The van der Waals surface area contributed by atoms with Crippen molar-refractivity contribution < 1.29 is 29.6 Å². The van der Waals surface area contributed by atoms with Crippen molar-refractivity contribution in [3.05, 3.63) is 0 Å². The van der Waals surface area contributed by atoms with Crippen molar-refractivity contribution in [2.75, 3.05) is 19.7 Å². The maximum atomic E-state index is 13.6. The minimum Gasteiger partial charge on any atom is -0.394 e. The Labute approximate surface area is 288 Å². The van der Waals surface area contributed by atoms with Crippen LogP contribution < -0.4 is 11.1 Å². The summed E-state index contributed by atoms with van der Waals surface area (Å²) >= 11 is 0. The van der Waals surface area contributed by atoms with Gasteiger partial charge in [-0.3, -0.25) is 9.59 Å². The fourth-order valence-electron chi connectivity index (χ4n) is 6.72. The van der Waals surface area contributed by atoms with Gasteiger partial charge in [-0.2, -0.15) is 0 Å². The van der Waals surface area contributed by atoms with Gasteiger partial charge in [-0.15, -0.1) is 0 Å². The van der Waals surface area contributed by atoms with E-state index in [1.165, 1.54) is 122 Å². The van der Waals surface area contributed by atoms with Crippen LogP contribution >= 0.6 is 0 Å². The first-order valence-corrected chi connectivity index (χ1v) is 19.8. The average Bonchev–Trinajstić information content (AvgIpc) is 3.07. The molecule has 47 heavy (non-hydrogen) atoms. The summed E-state index contributed by atoms with van der Waals surface area (Å²) in [6.07, 6.45) is 26.0. The molecule has 0 saturated carbocycles. The number of carbonyl (C=O) groups is 2. The molecule has 2 amide bonds. The lowest BCUT2D eigenvalue weighted by molar-refractivity contribution is -0.231. The molecule has 0 bridgehead atoms. The highest BCUT2D eigenvalue weighted by Crippen LogP contribution is 2.26. The molecule has 1 fully saturated rings. The van der Waals surface area contributed by atoms with Gasteiger partial charge in [0.2, 0.25) is 11.8 Å². The number of nitrogens with zero attached hydrogens (tertiary/aromatic N) is 1. The molecule has 0 unspecified atom stereocenters. The number of nitrogens with one attached hydrogen (secondary N) is 1. The number of hydrogen-bond donors (Lipinski definition) is 5. The highest BCUT2D eigenvalue weighted by molar-refractivity contribution is 5.79. The predicted molar refractivity (Wildman–Crippen MR) is 192 cm³/mol. The van der Waals surface area contributed by atoms with E-state index in [0.717, 1.165) is 38.5 Å². The number of amides is 2. The van der Waals surface area contributed by atoms with E-state index in [-0.39, 0.29) is 12.5 Å². The lowest BCUT2D eigenvalue weighted by atomic mass is 9.94. The fraction of sp³-hybridized carbons (Fsp3) is 0.947. The Morgan fingerprint density at radius 2 is 1.04 bits per heavy atom. The second kappa shape index (κ2) is 29.6. The number of aliphatic hydroxyl groups excluding tert-OH is 3. The summed E-state index contributed by atoms with van der Waals surface area (Å²) in [4.78, 5) is 27.5. The maximum absolute atomic E-state index is 13.6. The summed E-state index contributed by atoms with van der Waals surface area (Å²) in [6, 6.07) is -1.04. The summed E-state index contributed by atoms with van der Waals surface area (Å²) < 4.78 is 6.02. The van der Waals surface area contributed by atoms with Crippen LogP contribution in [0.3, 0.4) is 0 Å². The monoisotopic (exact) mass is 670 g/mol. The zero-order valence-corrected chi connectivity index (χ0v) is 30.5. The number of ether oxygens (including phenoxy) is 1. The molecule has 1 heterocycles. The molecule has 9 nitrogen and oxygen atoms in total. The number of nitrogens with two attached hydrogens (primary N) is 1. The average molecular weight is 670 g/mol. The minimum atomic E-state index is -1.41. The van der Waals surface area contributed by atoms with Crippen LogP contribution in [0.15, 0.2) is 0 Å². The van der Waals surface area contributed by atoms with Gasteiger partial charge in [0.25, 0.3) is 0 Å². The third-order valence-electron chi connectivity index (χ3n) is 9.79. The lowest BCUT2D eigenvalue weighted by Gasteiger charge is -2.46. The SMILES string of the molecule is CCCCCCCCCCCCCCCCCCN(C(=O)CCCCCCCCCCC)[C@@H]1O[C@H](CO)[C@@H](O)[C@H](O)[C@@H]1NC(=O)CN. The van der Waals surface area contributed by atoms with E-state index in [2.05, 4.69) is 19.2 Å². The van der Waals surface area contributed by atoms with Crippen LogP contribution in [-0.2, 0) is 14.3 Å². The Kier molecular flexibility index (Phi) is 27.6. The number of hydrogen-bond acceptors (Lipinski definition) is 7. The molecule has 0 spiro atoms. The Morgan fingerprint density at radius 1 is 0.638 bits per heavy atom. The first kappa shape index (κ1) is 43.8. The molecule has 0 radical (unpaired) electrons. The highest BCUT2D eigenvalue weighted by Gasteiger charge is 2.48. The smallest absolute Gasteiger partial charge is 0.234 e. The molecule has 6 N–H and O–H groups in total. The molecule has 9 heteroatoms. The van der Waals surface area contributed by atoms with Crippen molar-refractivity contribution in [3.63, 3.8) is 0 Å². The quantitative estimate of drug-likeness (QED) is 0.0506. The Balaban J connectivity index is 2.55. The van der Waals surface area contributed by atoms with Gasteiger partial charge in [0.1, 0.15) is 24.4 Å². The van der Waals surface area contributed by atoms with Gasteiger partial charge in [0.15, 0.2) is 6.23 Å². The molecular formula is C38H75N3O6. The van der Waals surface area contributed by atoms with E-state index in [0.29, 0.717) is 13.0 Å². The molecule has 1 aliphatic heterocycles. The van der Waals surface area contributed by atoms with Crippen LogP contribution in [0.2, 0.25) is 0 Å². The first-order chi connectivity index (χ1) is 22.9. The topological polar surface area (TPSA) is 145 Å². The lowest BCUT2D eigenvalue weighted by Crippen LogP contribution is -2.69. The second-order valence-corrected chi connectivity index (χ2v) is 14.0. The van der Waals surface area contributed by atoms with Crippen molar-refractivity contribution in [1.82, 2.24) is 10.2 Å². The van der Waals surface area contributed by atoms with Crippen molar-refractivity contribution in [1.29, 1.82) is 0 Å². The number of rotatable bonds is 31. The fourth-order valence-corrected chi connectivity index (χ4v) is 6.72. The van der Waals surface area contributed by atoms with Gasteiger partial charge in [0, 0.05) is 13.0 Å². The second-order valence-electron chi connectivity index (χ2n) is 14.0. The Bertz CT molecular complexity index is 757. The molecule has 5 atom stereocenters. The van der Waals surface area contributed by atoms with Crippen LogP contribution in [0.25, 0.3) is 0 Å². The number of unbranched alkanes of at least 4 members (excludes halogenated alkanes) is 23. The minimum absolute atomic E-state index is 0.0915. The van der Waals surface area contributed by atoms with Crippen molar-refractivity contribution >= 4 is 11.8 Å². The Morgan fingerprint density at radius 3 is 1.45 bits per heavy atom. The predicted octanol–water partition coefficient (Wildman–Crippen LogP) is 6.88. The van der Waals surface area contributed by atoms with Crippen molar-refractivity contribution in [2.45, 2.75) is 211 Å². The van der Waals surface area contributed by atoms with Gasteiger partial charge in [-0.25, -0.2) is 0 Å². The maximum Gasteiger partial charge on any atom is 0.234 e. The third kappa shape index (κ3) is 20.1. The normalized spacial score (nSPS) is 21.2. The van der Waals surface area contributed by atoms with E-state index in [1.807, 2.05) is 0 Å². The van der Waals surface area contributed by atoms with Crippen LogP contribution in [0.1, 0.15) is 181 Å². The largest absolute Gasteiger partial charge is 0.394 e. The van der Waals surface area contributed by atoms with E-state index in [4.69, 9.17) is 10.5 Å². The number of carbonyl (C=O) groups excluding carboxylic acids is 2. The van der Waals surface area contributed by atoms with Gasteiger partial charge < -0.3 is 36.0 Å². The molecule has 1 saturated heterocycles. The van der Waals surface area contributed by atoms with E-state index in [9.17, 15) is 24.9 Å².